The Labute approximate surface area is 70.2 Å². The van der Waals surface area contributed by atoms with E-state index >= 15 is 0 Å². The van der Waals surface area contributed by atoms with Crippen molar-refractivity contribution in [2.24, 2.45) is 0 Å². The van der Waals surface area contributed by atoms with Crippen molar-refractivity contribution >= 4 is 12.4 Å². The third kappa shape index (κ3) is 1.44. The van der Waals surface area contributed by atoms with E-state index in [2.05, 4.69) is 10.3 Å². The molecule has 3 nitrogen and oxygen atoms in total. The minimum atomic E-state index is -0.0116. The van der Waals surface area contributed by atoms with Gasteiger partial charge in [0.15, 0.2) is 0 Å². The van der Waals surface area contributed by atoms with E-state index in [0.717, 1.165) is 18.7 Å². The Morgan fingerprint density at radius 3 is 2.82 bits per heavy atom. The molecule has 0 bridgehead atoms. The van der Waals surface area contributed by atoms with Crippen LogP contribution >= 0.6 is 12.4 Å². The summed E-state index contributed by atoms with van der Waals surface area (Å²) in [6.45, 7) is 1.71. The summed E-state index contributed by atoms with van der Waals surface area (Å²) >= 11 is 0. The number of nitrogens with one attached hydrogen (secondary N) is 2. The number of hydrogen-bond donors (Lipinski definition) is 2. The molecule has 0 spiro atoms. The number of H-pyrrole nitrogens is 1. The molecule has 0 saturated heterocycles. The van der Waals surface area contributed by atoms with E-state index in [1.807, 2.05) is 0 Å². The van der Waals surface area contributed by atoms with Gasteiger partial charge in [0.2, 0.25) is 5.56 Å². The van der Waals surface area contributed by atoms with Crippen LogP contribution < -0.4 is 10.9 Å². The zero-order valence-electron chi connectivity index (χ0n) is 5.89. The predicted molar refractivity (Wildman–Crippen MR) is 44.9 cm³/mol. The van der Waals surface area contributed by atoms with Gasteiger partial charge in [-0.2, -0.15) is 0 Å². The SMILES string of the molecule is Cl.O=c1cc2c(c[nH]1)CNC2. The number of pyridine rings is 1. The first kappa shape index (κ1) is 8.30. The highest BCUT2D eigenvalue weighted by Crippen LogP contribution is 2.09. The second kappa shape index (κ2) is 3.07. The third-order valence-corrected chi connectivity index (χ3v) is 1.74. The molecule has 2 rings (SSSR count). The molecule has 1 aromatic heterocycles. The summed E-state index contributed by atoms with van der Waals surface area (Å²) < 4.78 is 0. The Morgan fingerprint density at radius 1 is 1.27 bits per heavy atom. The minimum absolute atomic E-state index is 0. The Morgan fingerprint density at radius 2 is 2.00 bits per heavy atom. The van der Waals surface area contributed by atoms with Crippen molar-refractivity contribution in [2.75, 3.05) is 0 Å². The first-order valence-electron chi connectivity index (χ1n) is 3.27. The lowest BCUT2D eigenvalue weighted by Gasteiger charge is -1.91. The van der Waals surface area contributed by atoms with Crippen LogP contribution in [0.25, 0.3) is 0 Å². The fourth-order valence-electron chi connectivity index (χ4n) is 1.20. The van der Waals surface area contributed by atoms with Crippen LogP contribution in [-0.2, 0) is 13.1 Å². The summed E-state index contributed by atoms with van der Waals surface area (Å²) in [6, 6.07) is 1.65. The van der Waals surface area contributed by atoms with Crippen LogP contribution in [0.3, 0.4) is 0 Å². The molecular formula is C7H9ClN2O. The van der Waals surface area contributed by atoms with E-state index in [4.69, 9.17) is 0 Å². The largest absolute Gasteiger partial charge is 0.329 e. The normalized spacial score (nSPS) is 13.8. The maximum absolute atomic E-state index is 10.7. The van der Waals surface area contributed by atoms with Crippen molar-refractivity contribution in [1.82, 2.24) is 10.3 Å². The van der Waals surface area contributed by atoms with Gasteiger partial charge in [-0.1, -0.05) is 0 Å². The van der Waals surface area contributed by atoms with Gasteiger partial charge in [-0.05, 0) is 11.1 Å². The Balaban J connectivity index is 0.000000605. The molecule has 4 heteroatoms. The van der Waals surface area contributed by atoms with Gasteiger partial charge in [0.25, 0.3) is 0 Å². The molecule has 0 unspecified atom stereocenters. The second-order valence-corrected chi connectivity index (χ2v) is 2.45. The van der Waals surface area contributed by atoms with E-state index in [-0.39, 0.29) is 18.0 Å². The number of rotatable bonds is 0. The molecule has 60 valence electrons. The third-order valence-electron chi connectivity index (χ3n) is 1.74. The fourth-order valence-corrected chi connectivity index (χ4v) is 1.20. The Kier molecular flexibility index (Phi) is 2.31. The summed E-state index contributed by atoms with van der Waals surface area (Å²) in [6.07, 6.45) is 1.78. The molecule has 0 atom stereocenters. The maximum atomic E-state index is 10.7. The lowest BCUT2D eigenvalue weighted by Crippen LogP contribution is -2.04. The second-order valence-electron chi connectivity index (χ2n) is 2.45. The fraction of sp³-hybridized carbons (Fsp3) is 0.286. The van der Waals surface area contributed by atoms with Crippen LogP contribution in [0.1, 0.15) is 11.1 Å². The van der Waals surface area contributed by atoms with Crippen LogP contribution in [0.5, 0.6) is 0 Å². The summed E-state index contributed by atoms with van der Waals surface area (Å²) in [7, 11) is 0. The van der Waals surface area contributed by atoms with Gasteiger partial charge in [-0.15, -0.1) is 12.4 Å². The van der Waals surface area contributed by atoms with Crippen molar-refractivity contribution in [3.05, 3.63) is 33.7 Å². The quantitative estimate of drug-likeness (QED) is 0.595. The molecule has 0 radical (unpaired) electrons. The topological polar surface area (TPSA) is 44.9 Å². The average Bonchev–Trinajstić information content (AvgIpc) is 2.33. The Hall–Kier alpha value is -0.800. The summed E-state index contributed by atoms with van der Waals surface area (Å²) in [5.74, 6) is 0. The molecule has 1 aliphatic rings. The van der Waals surface area contributed by atoms with Gasteiger partial charge < -0.3 is 10.3 Å². The molecule has 11 heavy (non-hydrogen) atoms. The van der Waals surface area contributed by atoms with Crippen LogP contribution in [-0.4, -0.2) is 4.98 Å². The van der Waals surface area contributed by atoms with E-state index in [9.17, 15) is 4.79 Å². The highest BCUT2D eigenvalue weighted by Gasteiger charge is 2.08. The monoisotopic (exact) mass is 172 g/mol. The lowest BCUT2D eigenvalue weighted by molar-refractivity contribution is 0.764. The minimum Gasteiger partial charge on any atom is -0.329 e. The predicted octanol–water partition coefficient (Wildman–Crippen LogP) is 0.400. The van der Waals surface area contributed by atoms with Crippen molar-refractivity contribution < 1.29 is 0 Å². The molecule has 0 amide bonds. The van der Waals surface area contributed by atoms with Gasteiger partial charge in [-0.25, -0.2) is 0 Å². The van der Waals surface area contributed by atoms with Crippen molar-refractivity contribution in [2.45, 2.75) is 13.1 Å². The molecule has 2 N–H and O–H groups in total. The zero-order valence-corrected chi connectivity index (χ0v) is 6.70. The number of fused-ring (bicyclic) bond motifs is 1. The van der Waals surface area contributed by atoms with E-state index < -0.39 is 0 Å². The number of aromatic nitrogens is 1. The van der Waals surface area contributed by atoms with E-state index in [1.165, 1.54) is 5.56 Å². The number of hydrogen-bond acceptors (Lipinski definition) is 2. The standard InChI is InChI=1S/C7H8N2O.ClH/c10-7-1-5-2-8-3-6(5)4-9-7;/h1,4,8H,2-3H2,(H,9,10);1H. The van der Waals surface area contributed by atoms with Gasteiger partial charge in [0.1, 0.15) is 0 Å². The average molecular weight is 173 g/mol. The smallest absolute Gasteiger partial charge is 0.248 e. The molecule has 1 aromatic rings. The van der Waals surface area contributed by atoms with E-state index in [0.29, 0.717) is 0 Å². The molecular weight excluding hydrogens is 164 g/mol. The van der Waals surface area contributed by atoms with Crippen molar-refractivity contribution in [3.63, 3.8) is 0 Å². The van der Waals surface area contributed by atoms with Gasteiger partial charge >= 0.3 is 0 Å². The van der Waals surface area contributed by atoms with Gasteiger partial charge in [-0.3, -0.25) is 4.79 Å². The number of halogens is 1. The summed E-state index contributed by atoms with van der Waals surface area (Å²) in [5, 5.41) is 3.16. The highest BCUT2D eigenvalue weighted by atomic mass is 35.5. The molecule has 2 heterocycles. The summed E-state index contributed by atoms with van der Waals surface area (Å²) in [5.41, 5.74) is 2.32. The van der Waals surface area contributed by atoms with Crippen LogP contribution in [0.2, 0.25) is 0 Å². The molecule has 0 aromatic carbocycles. The van der Waals surface area contributed by atoms with Crippen molar-refractivity contribution in [3.8, 4) is 0 Å². The van der Waals surface area contributed by atoms with Crippen LogP contribution in [0.15, 0.2) is 17.1 Å². The molecule has 0 saturated carbocycles. The van der Waals surface area contributed by atoms with Gasteiger partial charge in [0, 0.05) is 25.4 Å². The van der Waals surface area contributed by atoms with Crippen LogP contribution in [0, 0.1) is 0 Å². The lowest BCUT2D eigenvalue weighted by atomic mass is 10.2. The highest BCUT2D eigenvalue weighted by molar-refractivity contribution is 5.85. The van der Waals surface area contributed by atoms with E-state index in [1.54, 1.807) is 12.3 Å². The van der Waals surface area contributed by atoms with Crippen LogP contribution in [0.4, 0.5) is 0 Å². The first-order valence-corrected chi connectivity index (χ1v) is 3.27. The maximum Gasteiger partial charge on any atom is 0.248 e. The number of aromatic amines is 1. The van der Waals surface area contributed by atoms with Gasteiger partial charge in [0.05, 0.1) is 0 Å². The zero-order chi connectivity index (χ0) is 6.97. The molecule has 0 fully saturated rings. The Bertz CT molecular complexity index is 308. The molecule has 0 aliphatic carbocycles. The first-order chi connectivity index (χ1) is 4.86. The molecule has 1 aliphatic heterocycles. The van der Waals surface area contributed by atoms with Crippen molar-refractivity contribution in [1.29, 1.82) is 0 Å². The summed E-state index contributed by atoms with van der Waals surface area (Å²) in [4.78, 5) is 13.4.